The van der Waals surface area contributed by atoms with E-state index in [1.165, 1.54) is 0 Å². The number of aliphatic hydroxyl groups excluding tert-OH is 20. The van der Waals surface area contributed by atoms with E-state index in [1.807, 2.05) is 0 Å². The van der Waals surface area contributed by atoms with Crippen LogP contribution in [-0.2, 0) is 42.6 Å². The Labute approximate surface area is 400 Å². The van der Waals surface area contributed by atoms with Crippen LogP contribution in [0.2, 0.25) is 0 Å². The van der Waals surface area contributed by atoms with Gasteiger partial charge in [-0.1, -0.05) is 20.8 Å². The van der Waals surface area contributed by atoms with Crippen molar-refractivity contribution in [2.45, 2.75) is 205 Å². The highest BCUT2D eigenvalue weighted by atomic mass is 16.8. The third-order valence-corrected chi connectivity index (χ3v) is 13.2. The fourth-order valence-electron chi connectivity index (χ4n) is 9.24. The monoisotopic (exact) mass is 1030 g/mol. The van der Waals surface area contributed by atoms with Crippen LogP contribution in [0.1, 0.15) is 33.6 Å². The molecule has 20 N–H and O–H groups in total. The molecule has 1 saturated carbocycles. The average Bonchev–Trinajstić information content (AvgIpc) is 3.32. The minimum absolute atomic E-state index is 0.00300. The summed E-state index contributed by atoms with van der Waals surface area (Å²) in [6, 6.07) is 0. The van der Waals surface area contributed by atoms with Crippen LogP contribution < -0.4 is 0 Å². The highest BCUT2D eigenvalue weighted by Crippen LogP contribution is 2.38. The van der Waals surface area contributed by atoms with Crippen LogP contribution in [0.5, 0.6) is 0 Å². The molecule has 29 nitrogen and oxygen atoms in total. The Morgan fingerprint density at radius 3 is 1.24 bits per heavy atom. The molecule has 70 heavy (non-hydrogen) atoms. The fraction of sp³-hybridized carbons (Fsp3) is 1.00. The van der Waals surface area contributed by atoms with Crippen LogP contribution in [0.25, 0.3) is 0 Å². The van der Waals surface area contributed by atoms with Crippen LogP contribution in [0, 0.1) is 11.3 Å². The van der Waals surface area contributed by atoms with E-state index < -0.39 is 223 Å². The first-order valence-electron chi connectivity index (χ1n) is 22.9. The van der Waals surface area contributed by atoms with Crippen LogP contribution in [0.4, 0.5) is 0 Å². The van der Waals surface area contributed by atoms with Gasteiger partial charge in [0.2, 0.25) is 0 Å². The summed E-state index contributed by atoms with van der Waals surface area (Å²) in [7, 11) is 0. The van der Waals surface area contributed by atoms with Gasteiger partial charge in [0.05, 0.1) is 51.3 Å². The first-order valence-corrected chi connectivity index (χ1v) is 22.9. The lowest BCUT2D eigenvalue weighted by atomic mass is 9.80. The fourth-order valence-corrected chi connectivity index (χ4v) is 9.24. The number of ether oxygens (including phenoxy) is 9. The van der Waals surface area contributed by atoms with Crippen molar-refractivity contribution in [1.29, 1.82) is 0 Å². The Hall–Kier alpha value is -1.16. The standard InChI is InChI=1S/C41H74O29/c1-41(2,3)5-13(48)20(50)33(14(49)7-43)68-38-30(60)26(56)35(18(10-46)65-38)70-40-31(61)27(57)36(19(11-47)66-40)69-39-29(59)25(55)34(17(9-45)64-39)62-15-4-12(6-42)32(24(54)21(15)51)67-37-28(58)23(53)22(52)16(8-44)63-37/h12-40,42-61H,4-11H2,1-3H3/t12-,13+,14-,15-,16-,17-,18-,19-,20-,21+,22-,23+,24-,25-,26-,27-,28-,29-,30-,31-,32-,33-,34-,35-,36-,37+,38+,39+,40+/m1/s1. The number of hydrogen-bond acceptors (Lipinski definition) is 29. The maximum atomic E-state index is 11.3. The second-order valence-electron chi connectivity index (χ2n) is 19.6. The van der Waals surface area contributed by atoms with E-state index in [1.54, 1.807) is 20.8 Å². The predicted octanol–water partition coefficient (Wildman–Crippen LogP) is -11.4. The van der Waals surface area contributed by atoms with Crippen LogP contribution in [0.3, 0.4) is 0 Å². The van der Waals surface area contributed by atoms with E-state index in [-0.39, 0.29) is 12.8 Å². The average molecular weight is 1030 g/mol. The lowest BCUT2D eigenvalue weighted by Crippen LogP contribution is -2.67. The molecule has 0 radical (unpaired) electrons. The number of aliphatic hydroxyl groups is 20. The van der Waals surface area contributed by atoms with Gasteiger partial charge < -0.3 is 145 Å². The second-order valence-corrected chi connectivity index (χ2v) is 19.6. The third-order valence-electron chi connectivity index (χ3n) is 13.2. The molecular weight excluding hydrogens is 956 g/mol. The topological polar surface area (TPSA) is 488 Å². The summed E-state index contributed by atoms with van der Waals surface area (Å²) in [4.78, 5) is 0. The predicted molar refractivity (Wildman–Crippen MR) is 222 cm³/mol. The molecule has 1 aliphatic carbocycles. The van der Waals surface area contributed by atoms with Crippen molar-refractivity contribution in [3.8, 4) is 0 Å². The van der Waals surface area contributed by atoms with Gasteiger partial charge in [-0.05, 0) is 18.3 Å². The molecule has 29 heteroatoms. The Balaban J connectivity index is 1.22. The van der Waals surface area contributed by atoms with Gasteiger partial charge in [-0.25, -0.2) is 0 Å². The number of hydrogen-bond donors (Lipinski definition) is 20. The molecule has 5 fully saturated rings. The summed E-state index contributed by atoms with van der Waals surface area (Å²) in [5, 5.41) is 212. The molecule has 5 aliphatic rings. The summed E-state index contributed by atoms with van der Waals surface area (Å²) < 4.78 is 50.7. The quantitative estimate of drug-likeness (QED) is 0.0538. The van der Waals surface area contributed by atoms with Crippen LogP contribution in [-0.4, -0.2) is 313 Å². The first kappa shape index (κ1) is 59.7. The van der Waals surface area contributed by atoms with E-state index in [0.717, 1.165) is 0 Å². The lowest BCUT2D eigenvalue weighted by Gasteiger charge is -2.49. The molecule has 0 amide bonds. The van der Waals surface area contributed by atoms with Gasteiger partial charge in [0.1, 0.15) is 128 Å². The van der Waals surface area contributed by atoms with Gasteiger partial charge in [-0.2, -0.15) is 0 Å². The van der Waals surface area contributed by atoms with Crippen molar-refractivity contribution in [3.05, 3.63) is 0 Å². The van der Waals surface area contributed by atoms with E-state index in [9.17, 15) is 102 Å². The lowest BCUT2D eigenvalue weighted by molar-refractivity contribution is -0.385. The van der Waals surface area contributed by atoms with E-state index in [0.29, 0.717) is 0 Å². The van der Waals surface area contributed by atoms with Gasteiger partial charge in [-0.3, -0.25) is 0 Å². The summed E-state index contributed by atoms with van der Waals surface area (Å²) in [5.74, 6) is -1.11. The van der Waals surface area contributed by atoms with Crippen molar-refractivity contribution in [3.63, 3.8) is 0 Å². The van der Waals surface area contributed by atoms with Gasteiger partial charge in [0.25, 0.3) is 0 Å². The molecule has 0 aromatic rings. The van der Waals surface area contributed by atoms with Gasteiger partial charge in [0.15, 0.2) is 25.2 Å². The minimum Gasteiger partial charge on any atom is -0.396 e. The number of rotatable bonds is 20. The molecule has 0 bridgehead atoms. The van der Waals surface area contributed by atoms with E-state index in [4.69, 9.17) is 42.6 Å². The molecule has 0 aromatic carbocycles. The minimum atomic E-state index is -2.16. The molecular formula is C41H74O29. The maximum Gasteiger partial charge on any atom is 0.187 e. The van der Waals surface area contributed by atoms with Crippen molar-refractivity contribution >= 4 is 0 Å². The Morgan fingerprint density at radius 1 is 0.429 bits per heavy atom. The highest BCUT2D eigenvalue weighted by Gasteiger charge is 2.56. The van der Waals surface area contributed by atoms with Crippen molar-refractivity contribution in [2.75, 3.05) is 39.6 Å². The van der Waals surface area contributed by atoms with Crippen molar-refractivity contribution < 1.29 is 145 Å². The molecule has 0 aromatic heterocycles. The summed E-state index contributed by atoms with van der Waals surface area (Å²) >= 11 is 0. The Morgan fingerprint density at radius 2 is 0.814 bits per heavy atom. The largest absolute Gasteiger partial charge is 0.396 e. The molecule has 0 unspecified atom stereocenters. The highest BCUT2D eigenvalue weighted by molar-refractivity contribution is 5.01. The SMILES string of the molecule is CC(C)(C)C[C@H](O)[C@@H](O)[C@H](O[C@@H]1O[C@H](CO)[C@@H](O[C@@H]2O[C@H](CO)[C@@H](O[C@@H]3O[C@H](CO)[C@@H](O[C@@H]4C[C@H](CO)[C@@H](O[C@@H]5O[C@H](CO)[C@@H](O)[C@H](O)[C@H]5O)[C@H](O)[C@H]4O)[C@H](O)[C@H]3O)[C@H](O)[C@H]2O)[C@H](O)[C@H]1O)[C@H](O)CO. The van der Waals surface area contributed by atoms with Crippen LogP contribution >= 0.6 is 0 Å². The van der Waals surface area contributed by atoms with Crippen LogP contribution in [0.15, 0.2) is 0 Å². The third kappa shape index (κ3) is 13.3. The van der Waals surface area contributed by atoms with E-state index in [2.05, 4.69) is 0 Å². The molecule has 4 aliphatic heterocycles. The molecule has 5 rings (SSSR count). The van der Waals surface area contributed by atoms with Gasteiger partial charge in [0, 0.05) is 12.5 Å². The molecule has 4 saturated heterocycles. The summed E-state index contributed by atoms with van der Waals surface area (Å²) in [5.41, 5.74) is -0.520. The Kier molecular flexibility index (Phi) is 21.8. The first-order chi connectivity index (χ1) is 32.9. The van der Waals surface area contributed by atoms with Gasteiger partial charge in [-0.15, -0.1) is 0 Å². The normalized spacial score (nSPS) is 47.1. The Bertz CT molecular complexity index is 1540. The zero-order chi connectivity index (χ0) is 52.3. The molecule has 4 heterocycles. The zero-order valence-electron chi connectivity index (χ0n) is 38.5. The second kappa shape index (κ2) is 25.6. The van der Waals surface area contributed by atoms with Crippen molar-refractivity contribution in [2.24, 2.45) is 11.3 Å². The molecule has 29 atom stereocenters. The summed E-state index contributed by atoms with van der Waals surface area (Å²) in [6.45, 7) is -0.194. The molecule has 412 valence electrons. The van der Waals surface area contributed by atoms with Crippen molar-refractivity contribution in [1.82, 2.24) is 0 Å². The maximum absolute atomic E-state index is 11.3. The van der Waals surface area contributed by atoms with E-state index >= 15 is 0 Å². The summed E-state index contributed by atoms with van der Waals surface area (Å²) in [6.07, 6.45) is -51.6. The van der Waals surface area contributed by atoms with Gasteiger partial charge >= 0.3 is 0 Å². The zero-order valence-corrected chi connectivity index (χ0v) is 38.5. The smallest absolute Gasteiger partial charge is 0.187 e. The molecule has 0 spiro atoms.